The van der Waals surface area contributed by atoms with Crippen molar-refractivity contribution in [2.24, 2.45) is 0 Å². The highest BCUT2D eigenvalue weighted by molar-refractivity contribution is 5.46. The molecule has 3 rings (SSSR count). The third-order valence-electron chi connectivity index (χ3n) is 4.96. The average molecular weight is 294 g/mol. The molecule has 0 spiro atoms. The smallest absolute Gasteiger partial charge is 0.119 e. The Bertz CT molecular complexity index is 568. The number of benzene rings is 1. The fourth-order valence-corrected chi connectivity index (χ4v) is 3.83. The predicted molar refractivity (Wildman–Crippen MR) is 93.4 cm³/mol. The molecule has 1 nitrogen and oxygen atoms in total. The van der Waals surface area contributed by atoms with Crippen LogP contribution < -0.4 is 4.74 Å². The van der Waals surface area contributed by atoms with E-state index in [0.29, 0.717) is 0 Å². The minimum Gasteiger partial charge on any atom is -0.494 e. The molecule has 2 aliphatic carbocycles. The van der Waals surface area contributed by atoms with E-state index in [1.54, 1.807) is 0 Å². The molecule has 0 aliphatic heterocycles. The van der Waals surface area contributed by atoms with E-state index in [-0.39, 0.29) is 5.41 Å². The van der Waals surface area contributed by atoms with E-state index in [0.717, 1.165) is 18.8 Å². The number of rotatable bonds is 4. The second kappa shape index (κ2) is 7.00. The zero-order valence-corrected chi connectivity index (χ0v) is 13.6. The van der Waals surface area contributed by atoms with Gasteiger partial charge in [0.25, 0.3) is 0 Å². The minimum absolute atomic E-state index is 0.189. The van der Waals surface area contributed by atoms with E-state index in [4.69, 9.17) is 4.74 Å². The Morgan fingerprint density at radius 3 is 2.50 bits per heavy atom. The maximum absolute atomic E-state index is 5.61. The third-order valence-corrected chi connectivity index (χ3v) is 4.96. The fourth-order valence-electron chi connectivity index (χ4n) is 3.83. The number of hydrogen-bond donors (Lipinski definition) is 0. The molecule has 2 aliphatic rings. The van der Waals surface area contributed by atoms with Crippen molar-refractivity contribution >= 4 is 0 Å². The zero-order valence-electron chi connectivity index (χ0n) is 13.6. The van der Waals surface area contributed by atoms with Crippen molar-refractivity contribution < 1.29 is 4.74 Å². The highest BCUT2D eigenvalue weighted by Crippen LogP contribution is 2.46. The van der Waals surface area contributed by atoms with Gasteiger partial charge in [0, 0.05) is 5.41 Å². The Labute approximate surface area is 134 Å². The summed E-state index contributed by atoms with van der Waals surface area (Å²) in [7, 11) is 0. The molecule has 22 heavy (non-hydrogen) atoms. The molecule has 116 valence electrons. The molecular formula is C21H26O. The number of allylic oxidation sites excluding steroid dienone is 6. The third kappa shape index (κ3) is 3.04. The second-order valence-corrected chi connectivity index (χ2v) is 6.29. The molecule has 1 fully saturated rings. The molecule has 0 aromatic heterocycles. The molecule has 0 bridgehead atoms. The van der Waals surface area contributed by atoms with Gasteiger partial charge in [0.15, 0.2) is 0 Å². The molecule has 0 heterocycles. The Morgan fingerprint density at radius 2 is 1.77 bits per heavy atom. The second-order valence-electron chi connectivity index (χ2n) is 6.29. The van der Waals surface area contributed by atoms with Gasteiger partial charge >= 0.3 is 0 Å². The van der Waals surface area contributed by atoms with Gasteiger partial charge in [-0.1, -0.05) is 61.8 Å². The topological polar surface area (TPSA) is 9.23 Å². The van der Waals surface area contributed by atoms with Gasteiger partial charge in [-0.3, -0.25) is 0 Å². The maximum atomic E-state index is 5.61. The van der Waals surface area contributed by atoms with Crippen molar-refractivity contribution in [2.45, 2.75) is 50.9 Å². The first kappa shape index (κ1) is 15.1. The first-order valence-corrected chi connectivity index (χ1v) is 8.62. The van der Waals surface area contributed by atoms with Crippen molar-refractivity contribution in [1.82, 2.24) is 0 Å². The highest BCUT2D eigenvalue weighted by Gasteiger charge is 2.36. The van der Waals surface area contributed by atoms with Gasteiger partial charge in [-0.15, -0.1) is 0 Å². The van der Waals surface area contributed by atoms with Crippen molar-refractivity contribution in [3.8, 4) is 5.75 Å². The SMILES string of the molecule is CCOc1ccc(C2(C3=CC=CCC=C3)CCCCC2)cc1. The summed E-state index contributed by atoms with van der Waals surface area (Å²) in [6.07, 6.45) is 19.0. The largest absolute Gasteiger partial charge is 0.494 e. The van der Waals surface area contributed by atoms with Crippen molar-refractivity contribution in [3.05, 3.63) is 65.8 Å². The lowest BCUT2D eigenvalue weighted by Crippen LogP contribution is -2.30. The number of ether oxygens (including phenoxy) is 1. The van der Waals surface area contributed by atoms with Gasteiger partial charge in [-0.25, -0.2) is 0 Å². The Balaban J connectivity index is 1.98. The molecule has 0 N–H and O–H groups in total. The molecule has 0 atom stereocenters. The van der Waals surface area contributed by atoms with Crippen LogP contribution in [0.15, 0.2) is 60.2 Å². The van der Waals surface area contributed by atoms with E-state index < -0.39 is 0 Å². The lowest BCUT2D eigenvalue weighted by Gasteiger charge is -2.39. The summed E-state index contributed by atoms with van der Waals surface area (Å²) in [6, 6.07) is 8.82. The van der Waals surface area contributed by atoms with Crippen molar-refractivity contribution in [2.75, 3.05) is 6.61 Å². The van der Waals surface area contributed by atoms with E-state index >= 15 is 0 Å². The summed E-state index contributed by atoms with van der Waals surface area (Å²) >= 11 is 0. The van der Waals surface area contributed by atoms with E-state index in [1.165, 1.54) is 43.2 Å². The first-order chi connectivity index (χ1) is 10.8. The quantitative estimate of drug-likeness (QED) is 0.689. The normalized spacial score (nSPS) is 20.3. The monoisotopic (exact) mass is 294 g/mol. The van der Waals surface area contributed by atoms with Crippen LogP contribution in [0.25, 0.3) is 0 Å². The molecule has 0 saturated heterocycles. The minimum atomic E-state index is 0.189. The lowest BCUT2D eigenvalue weighted by molar-refractivity contribution is 0.335. The zero-order chi connectivity index (χ0) is 15.3. The molecule has 0 radical (unpaired) electrons. The average Bonchev–Trinajstić information content (AvgIpc) is 2.86. The van der Waals surface area contributed by atoms with Crippen molar-refractivity contribution in [1.29, 1.82) is 0 Å². The van der Waals surface area contributed by atoms with Gasteiger partial charge < -0.3 is 4.74 Å². The molecule has 0 amide bonds. The molecular weight excluding hydrogens is 268 g/mol. The fraction of sp³-hybridized carbons (Fsp3) is 0.429. The number of hydrogen-bond acceptors (Lipinski definition) is 1. The van der Waals surface area contributed by atoms with Gasteiger partial charge in [0.2, 0.25) is 0 Å². The summed E-state index contributed by atoms with van der Waals surface area (Å²) < 4.78 is 5.61. The standard InChI is InChI=1S/C21H26O/c1-2-22-20-14-12-19(13-15-20)21(16-8-5-9-17-21)18-10-6-3-4-7-11-18/h3,6-7,10-15H,2,4-5,8-9,16-17H2,1H3. The Morgan fingerprint density at radius 1 is 1.00 bits per heavy atom. The van der Waals surface area contributed by atoms with Crippen molar-refractivity contribution in [3.63, 3.8) is 0 Å². The summed E-state index contributed by atoms with van der Waals surface area (Å²) in [5.41, 5.74) is 3.11. The van der Waals surface area contributed by atoms with Crippen LogP contribution in [0.4, 0.5) is 0 Å². The van der Waals surface area contributed by atoms with Gasteiger partial charge in [-0.05, 0) is 49.5 Å². The van der Waals surface area contributed by atoms with Gasteiger partial charge in [0.05, 0.1) is 6.61 Å². The first-order valence-electron chi connectivity index (χ1n) is 8.62. The van der Waals surface area contributed by atoms with Crippen LogP contribution in [0.2, 0.25) is 0 Å². The summed E-state index contributed by atoms with van der Waals surface area (Å²) in [5, 5.41) is 0. The molecule has 1 aromatic rings. The summed E-state index contributed by atoms with van der Waals surface area (Å²) in [6.45, 7) is 2.76. The van der Waals surface area contributed by atoms with Crippen LogP contribution in [-0.2, 0) is 5.41 Å². The molecule has 1 aromatic carbocycles. The van der Waals surface area contributed by atoms with Crippen LogP contribution in [0.3, 0.4) is 0 Å². The lowest BCUT2D eigenvalue weighted by atomic mass is 9.64. The maximum Gasteiger partial charge on any atom is 0.119 e. The highest BCUT2D eigenvalue weighted by atomic mass is 16.5. The Hall–Kier alpha value is -1.76. The summed E-state index contributed by atoms with van der Waals surface area (Å²) in [4.78, 5) is 0. The summed E-state index contributed by atoms with van der Waals surface area (Å²) in [5.74, 6) is 0.975. The van der Waals surface area contributed by atoms with Gasteiger partial charge in [0.1, 0.15) is 5.75 Å². The van der Waals surface area contributed by atoms with Crippen LogP contribution in [0.1, 0.15) is 51.0 Å². The Kier molecular flexibility index (Phi) is 4.82. The van der Waals surface area contributed by atoms with Crippen LogP contribution in [0, 0.1) is 0 Å². The molecule has 1 heteroatoms. The van der Waals surface area contributed by atoms with Crippen LogP contribution >= 0.6 is 0 Å². The van der Waals surface area contributed by atoms with Crippen LogP contribution in [0.5, 0.6) is 5.75 Å². The molecule has 0 unspecified atom stereocenters. The van der Waals surface area contributed by atoms with E-state index in [1.807, 2.05) is 6.92 Å². The van der Waals surface area contributed by atoms with Crippen LogP contribution in [-0.4, -0.2) is 6.61 Å². The predicted octanol–water partition coefficient (Wildman–Crippen LogP) is 5.73. The molecule has 1 saturated carbocycles. The van der Waals surface area contributed by atoms with Gasteiger partial charge in [-0.2, -0.15) is 0 Å². The van der Waals surface area contributed by atoms with E-state index in [9.17, 15) is 0 Å². The van der Waals surface area contributed by atoms with E-state index in [2.05, 4.69) is 54.6 Å².